The van der Waals surface area contributed by atoms with E-state index in [1.165, 1.54) is 37.4 Å². The van der Waals surface area contributed by atoms with Crippen LogP contribution in [0.4, 0.5) is 0 Å². The van der Waals surface area contributed by atoms with Gasteiger partial charge >= 0.3 is 17.9 Å². The maximum Gasteiger partial charge on any atom is 0.342 e. The van der Waals surface area contributed by atoms with Crippen LogP contribution in [0.25, 0.3) is 0 Å². The highest BCUT2D eigenvalue weighted by molar-refractivity contribution is 5.97. The van der Waals surface area contributed by atoms with Crippen molar-refractivity contribution < 1.29 is 43.2 Å². The van der Waals surface area contributed by atoms with E-state index in [0.717, 1.165) is 5.56 Å². The van der Waals surface area contributed by atoms with Gasteiger partial charge in [0, 0.05) is 0 Å². The Morgan fingerprint density at radius 2 is 1.44 bits per heavy atom. The third-order valence-electron chi connectivity index (χ3n) is 5.03. The molecule has 1 heterocycles. The van der Waals surface area contributed by atoms with Crippen molar-refractivity contribution in [1.29, 1.82) is 0 Å². The van der Waals surface area contributed by atoms with Crippen LogP contribution in [-0.2, 0) is 22.7 Å². The number of carbonyl (C=O) groups is 3. The quantitative estimate of drug-likeness (QED) is 0.496. The van der Waals surface area contributed by atoms with Crippen LogP contribution in [0.3, 0.4) is 0 Å². The lowest BCUT2D eigenvalue weighted by molar-refractivity contribution is 0.0466. The van der Waals surface area contributed by atoms with E-state index in [4.69, 9.17) is 28.8 Å². The molecule has 0 saturated heterocycles. The molecule has 0 fully saturated rings. The predicted molar refractivity (Wildman–Crippen MR) is 117 cm³/mol. The third-order valence-corrected chi connectivity index (χ3v) is 5.03. The van der Waals surface area contributed by atoms with Gasteiger partial charge in [-0.2, -0.15) is 0 Å². The standard InChI is InChI=1S/C25H20O9/c1-30-20-9-7-18(24(28)31-13-16-4-8-21-22(10-16)34-14-33-21)11-19(20)25(29)32-12-15-2-5-17(6-3-15)23(26)27/h2-11H,12-14H2,1H3,(H,26,27). The molecule has 3 aromatic rings. The Kier molecular flexibility index (Phi) is 6.63. The van der Waals surface area contributed by atoms with E-state index in [9.17, 15) is 14.4 Å². The summed E-state index contributed by atoms with van der Waals surface area (Å²) in [6.45, 7) is 0.0746. The van der Waals surface area contributed by atoms with Crippen molar-refractivity contribution in [3.05, 3.63) is 88.5 Å². The van der Waals surface area contributed by atoms with Gasteiger partial charge in [0.15, 0.2) is 11.5 Å². The molecular weight excluding hydrogens is 444 g/mol. The van der Waals surface area contributed by atoms with E-state index in [-0.39, 0.29) is 42.4 Å². The first-order valence-corrected chi connectivity index (χ1v) is 10.2. The highest BCUT2D eigenvalue weighted by Crippen LogP contribution is 2.32. The summed E-state index contributed by atoms with van der Waals surface area (Å²) in [6, 6.07) is 15.5. The highest BCUT2D eigenvalue weighted by atomic mass is 16.7. The number of carboxylic acids is 1. The molecule has 1 N–H and O–H groups in total. The van der Waals surface area contributed by atoms with Gasteiger partial charge in [0.25, 0.3) is 0 Å². The molecule has 1 aliphatic rings. The average Bonchev–Trinajstić information content (AvgIpc) is 3.33. The Labute approximate surface area is 194 Å². The van der Waals surface area contributed by atoms with Crippen molar-refractivity contribution in [3.63, 3.8) is 0 Å². The Balaban J connectivity index is 1.41. The summed E-state index contributed by atoms with van der Waals surface area (Å²) in [5, 5.41) is 8.96. The Morgan fingerprint density at radius 1 is 0.794 bits per heavy atom. The fraction of sp³-hybridized carbons (Fsp3) is 0.160. The molecule has 0 aromatic heterocycles. The van der Waals surface area contributed by atoms with E-state index < -0.39 is 17.9 Å². The van der Waals surface area contributed by atoms with Crippen LogP contribution >= 0.6 is 0 Å². The Morgan fingerprint density at radius 3 is 2.18 bits per heavy atom. The number of aromatic carboxylic acids is 1. The third kappa shape index (κ3) is 5.09. The van der Waals surface area contributed by atoms with Gasteiger partial charge < -0.3 is 28.8 Å². The molecule has 0 saturated carbocycles. The number of carboxylic acid groups (broad SMARTS) is 1. The van der Waals surface area contributed by atoms with E-state index in [2.05, 4.69) is 0 Å². The summed E-state index contributed by atoms with van der Waals surface area (Å²) in [5.41, 5.74) is 1.67. The van der Waals surface area contributed by atoms with Crippen molar-refractivity contribution in [2.45, 2.75) is 13.2 Å². The lowest BCUT2D eigenvalue weighted by Crippen LogP contribution is -2.11. The number of hydrogen-bond donors (Lipinski definition) is 1. The molecule has 0 atom stereocenters. The Bertz CT molecular complexity index is 1230. The molecule has 0 bridgehead atoms. The van der Waals surface area contributed by atoms with Crippen LogP contribution in [0.15, 0.2) is 60.7 Å². The molecule has 174 valence electrons. The van der Waals surface area contributed by atoms with E-state index in [1.54, 1.807) is 30.3 Å². The lowest BCUT2D eigenvalue weighted by Gasteiger charge is -2.11. The second kappa shape index (κ2) is 9.95. The van der Waals surface area contributed by atoms with Crippen LogP contribution in [0.1, 0.15) is 42.2 Å². The number of methoxy groups -OCH3 is 1. The second-order valence-corrected chi connectivity index (χ2v) is 7.26. The summed E-state index contributed by atoms with van der Waals surface area (Å²) < 4.78 is 26.5. The minimum atomic E-state index is -1.05. The largest absolute Gasteiger partial charge is 0.496 e. The van der Waals surface area contributed by atoms with Crippen molar-refractivity contribution >= 4 is 17.9 Å². The van der Waals surface area contributed by atoms with E-state index in [1.807, 2.05) is 0 Å². The smallest absolute Gasteiger partial charge is 0.342 e. The number of benzene rings is 3. The first kappa shape index (κ1) is 22.7. The van der Waals surface area contributed by atoms with Gasteiger partial charge in [0.1, 0.15) is 24.5 Å². The maximum absolute atomic E-state index is 12.7. The van der Waals surface area contributed by atoms with Crippen molar-refractivity contribution in [1.82, 2.24) is 0 Å². The summed E-state index contributed by atoms with van der Waals surface area (Å²) in [6.07, 6.45) is 0. The molecular formula is C25H20O9. The molecule has 1 aliphatic heterocycles. The van der Waals surface area contributed by atoms with Gasteiger partial charge in [-0.25, -0.2) is 14.4 Å². The van der Waals surface area contributed by atoms with E-state index >= 15 is 0 Å². The minimum Gasteiger partial charge on any atom is -0.496 e. The molecule has 0 spiro atoms. The van der Waals surface area contributed by atoms with Crippen LogP contribution < -0.4 is 14.2 Å². The SMILES string of the molecule is COc1ccc(C(=O)OCc2ccc3c(c2)OCO3)cc1C(=O)OCc1ccc(C(=O)O)cc1. The zero-order chi connectivity index (χ0) is 24.1. The molecule has 3 aromatic carbocycles. The van der Waals surface area contributed by atoms with Crippen molar-refractivity contribution in [2.24, 2.45) is 0 Å². The van der Waals surface area contributed by atoms with Gasteiger partial charge in [0.05, 0.1) is 18.2 Å². The second-order valence-electron chi connectivity index (χ2n) is 7.26. The van der Waals surface area contributed by atoms with Gasteiger partial charge in [-0.05, 0) is 53.6 Å². The number of ether oxygens (including phenoxy) is 5. The van der Waals surface area contributed by atoms with Crippen LogP contribution in [0.2, 0.25) is 0 Å². The monoisotopic (exact) mass is 464 g/mol. The zero-order valence-electron chi connectivity index (χ0n) is 18.1. The molecule has 34 heavy (non-hydrogen) atoms. The summed E-state index contributed by atoms with van der Waals surface area (Å²) >= 11 is 0. The highest BCUT2D eigenvalue weighted by Gasteiger charge is 2.19. The molecule has 0 unspecified atom stereocenters. The van der Waals surface area contributed by atoms with Crippen molar-refractivity contribution in [2.75, 3.05) is 13.9 Å². The van der Waals surface area contributed by atoms with Gasteiger partial charge in [-0.3, -0.25) is 0 Å². The van der Waals surface area contributed by atoms with Crippen LogP contribution in [0.5, 0.6) is 17.2 Å². The number of rotatable bonds is 8. The fourth-order valence-corrected chi connectivity index (χ4v) is 3.23. The maximum atomic E-state index is 12.7. The summed E-state index contributed by atoms with van der Waals surface area (Å²) in [5.74, 6) is -0.927. The summed E-state index contributed by atoms with van der Waals surface area (Å²) in [7, 11) is 1.40. The topological polar surface area (TPSA) is 118 Å². The number of hydrogen-bond acceptors (Lipinski definition) is 8. The number of fused-ring (bicyclic) bond motifs is 1. The first-order valence-electron chi connectivity index (χ1n) is 10.2. The van der Waals surface area contributed by atoms with E-state index in [0.29, 0.717) is 17.1 Å². The van der Waals surface area contributed by atoms with Crippen LogP contribution in [-0.4, -0.2) is 36.9 Å². The molecule has 9 heteroatoms. The van der Waals surface area contributed by atoms with Gasteiger partial charge in [-0.15, -0.1) is 0 Å². The average molecular weight is 464 g/mol. The zero-order valence-corrected chi connectivity index (χ0v) is 18.1. The fourth-order valence-electron chi connectivity index (χ4n) is 3.23. The molecule has 0 amide bonds. The Hall–Kier alpha value is -4.53. The minimum absolute atomic E-state index is 0.00756. The summed E-state index contributed by atoms with van der Waals surface area (Å²) in [4.78, 5) is 36.2. The predicted octanol–water partition coefficient (Wildman–Crippen LogP) is 3.84. The molecule has 9 nitrogen and oxygen atoms in total. The lowest BCUT2D eigenvalue weighted by atomic mass is 10.1. The van der Waals surface area contributed by atoms with Crippen LogP contribution in [0, 0.1) is 0 Å². The molecule has 0 radical (unpaired) electrons. The number of esters is 2. The van der Waals surface area contributed by atoms with Gasteiger partial charge in [-0.1, -0.05) is 18.2 Å². The van der Waals surface area contributed by atoms with Crippen molar-refractivity contribution in [3.8, 4) is 17.2 Å². The molecule has 0 aliphatic carbocycles. The van der Waals surface area contributed by atoms with Gasteiger partial charge in [0.2, 0.25) is 6.79 Å². The molecule has 4 rings (SSSR count). The first-order chi connectivity index (χ1) is 16.4. The number of carbonyl (C=O) groups excluding carboxylic acids is 2. The normalized spacial score (nSPS) is 11.6.